The van der Waals surface area contributed by atoms with Crippen LogP contribution in [-0.2, 0) is 5.67 Å². The van der Waals surface area contributed by atoms with Crippen LogP contribution in [0.1, 0.15) is 11.1 Å². The standard InChI is InChI=1S/C16H7BrClF7NO2/c1-7-4-10(14(19,15(20,21)22)16(23,24)25)13(11(17)5-7)9-3-2-8(26(27)28)6-12(9)18/h2-4,6H,1H3. The highest BCUT2D eigenvalue weighted by Gasteiger charge is 2.74. The minimum absolute atomic E-state index is 0.209. The van der Waals surface area contributed by atoms with Gasteiger partial charge in [-0.15, -0.1) is 0 Å². The van der Waals surface area contributed by atoms with Crippen molar-refractivity contribution in [1.29, 1.82) is 0 Å². The quantitative estimate of drug-likeness (QED) is 0.261. The first-order valence-corrected chi connectivity index (χ1v) is 8.28. The molecule has 0 heterocycles. The lowest BCUT2D eigenvalue weighted by molar-refractivity contribution is -0.384. The molecule has 0 bridgehead atoms. The monoisotopic (exact) mass is 492 g/mol. The first-order chi connectivity index (χ1) is 12.6. The summed E-state index contributed by atoms with van der Waals surface area (Å²) in [5, 5.41) is 10.2. The molecule has 151 valence electrons. The highest BCUT2D eigenvalue weighted by Crippen LogP contribution is 2.56. The van der Waals surface area contributed by atoms with Crippen LogP contribution in [0.4, 0.5) is 36.4 Å². The molecule has 2 aromatic carbocycles. The lowest BCUT2D eigenvalue weighted by Gasteiger charge is -2.32. The van der Waals surface area contributed by atoms with Crippen molar-refractivity contribution in [3.8, 4) is 11.1 Å². The Labute approximate surface area is 166 Å². The van der Waals surface area contributed by atoms with Crippen LogP contribution in [0.15, 0.2) is 28.7 Å². The van der Waals surface area contributed by atoms with Crippen LogP contribution in [0.25, 0.3) is 11.1 Å². The normalized spacial score (nSPS) is 12.9. The molecule has 0 atom stereocenters. The number of hydrogen-bond acceptors (Lipinski definition) is 2. The number of nitro benzene ring substituents is 1. The second kappa shape index (κ2) is 7.18. The van der Waals surface area contributed by atoms with E-state index in [1.165, 1.54) is 0 Å². The number of halogens is 9. The molecule has 28 heavy (non-hydrogen) atoms. The van der Waals surface area contributed by atoms with Gasteiger partial charge in [0.15, 0.2) is 0 Å². The Kier molecular flexibility index (Phi) is 5.75. The van der Waals surface area contributed by atoms with Crippen LogP contribution < -0.4 is 0 Å². The van der Waals surface area contributed by atoms with E-state index in [1.54, 1.807) is 0 Å². The lowest BCUT2D eigenvalue weighted by atomic mass is 9.86. The van der Waals surface area contributed by atoms with Crippen molar-refractivity contribution in [2.24, 2.45) is 0 Å². The summed E-state index contributed by atoms with van der Waals surface area (Å²) in [5.41, 5.74) is -9.59. The maximum absolute atomic E-state index is 14.7. The lowest BCUT2D eigenvalue weighted by Crippen LogP contribution is -2.50. The highest BCUT2D eigenvalue weighted by atomic mass is 79.9. The summed E-state index contributed by atoms with van der Waals surface area (Å²) in [4.78, 5) is 9.91. The average molecular weight is 494 g/mol. The Balaban J connectivity index is 2.95. The molecule has 2 rings (SSSR count). The smallest absolute Gasteiger partial charge is 0.258 e. The zero-order valence-electron chi connectivity index (χ0n) is 13.5. The van der Waals surface area contributed by atoms with E-state index >= 15 is 0 Å². The first kappa shape index (κ1) is 22.4. The van der Waals surface area contributed by atoms with Gasteiger partial charge in [0.25, 0.3) is 5.69 Å². The highest BCUT2D eigenvalue weighted by molar-refractivity contribution is 9.10. The van der Waals surface area contributed by atoms with Gasteiger partial charge in [0.2, 0.25) is 0 Å². The molecule has 0 fully saturated rings. The number of hydrogen-bond donors (Lipinski definition) is 0. The van der Waals surface area contributed by atoms with Crippen molar-refractivity contribution < 1.29 is 35.7 Å². The predicted octanol–water partition coefficient (Wildman–Crippen LogP) is 7.08. The molecule has 0 aliphatic rings. The summed E-state index contributed by atoms with van der Waals surface area (Å²) in [6.45, 7) is 1.13. The van der Waals surface area contributed by atoms with E-state index < -0.39 is 54.8 Å². The predicted molar refractivity (Wildman–Crippen MR) is 89.7 cm³/mol. The van der Waals surface area contributed by atoms with Crippen LogP contribution in [0.3, 0.4) is 0 Å². The van der Waals surface area contributed by atoms with Gasteiger partial charge in [-0.3, -0.25) is 10.1 Å². The van der Waals surface area contributed by atoms with E-state index in [0.29, 0.717) is 6.07 Å². The van der Waals surface area contributed by atoms with Gasteiger partial charge in [-0.2, -0.15) is 26.3 Å². The van der Waals surface area contributed by atoms with Crippen molar-refractivity contribution >= 4 is 33.2 Å². The van der Waals surface area contributed by atoms with Crippen LogP contribution in [0.2, 0.25) is 5.02 Å². The van der Waals surface area contributed by atoms with Crippen molar-refractivity contribution in [3.05, 3.63) is 61.1 Å². The number of nitrogens with zero attached hydrogens (tertiary/aromatic N) is 1. The topological polar surface area (TPSA) is 43.1 Å². The zero-order valence-corrected chi connectivity index (χ0v) is 15.8. The maximum Gasteiger partial charge on any atom is 0.435 e. The molecule has 0 N–H and O–H groups in total. The maximum atomic E-state index is 14.7. The third-order valence-electron chi connectivity index (χ3n) is 3.74. The molecular formula is C16H7BrClF7NO2. The number of nitro groups is 1. The van der Waals surface area contributed by atoms with Gasteiger partial charge in [-0.1, -0.05) is 17.7 Å². The second-order valence-electron chi connectivity index (χ2n) is 5.63. The minimum atomic E-state index is -6.35. The van der Waals surface area contributed by atoms with Gasteiger partial charge < -0.3 is 0 Å². The summed E-state index contributed by atoms with van der Waals surface area (Å²) in [7, 11) is 0. The van der Waals surface area contributed by atoms with E-state index in [1.807, 2.05) is 0 Å². The minimum Gasteiger partial charge on any atom is -0.258 e. The Morgan fingerprint density at radius 1 is 1.07 bits per heavy atom. The van der Waals surface area contributed by atoms with Crippen molar-refractivity contribution in [2.75, 3.05) is 0 Å². The molecule has 0 saturated heterocycles. The van der Waals surface area contributed by atoms with E-state index in [-0.39, 0.29) is 5.56 Å². The van der Waals surface area contributed by atoms with Gasteiger partial charge in [0, 0.05) is 39.4 Å². The largest absolute Gasteiger partial charge is 0.435 e. The summed E-state index contributed by atoms with van der Waals surface area (Å²) in [6.07, 6.45) is -12.7. The van der Waals surface area contributed by atoms with E-state index in [4.69, 9.17) is 11.6 Å². The number of aryl methyl sites for hydroxylation is 1. The van der Waals surface area contributed by atoms with Crippen LogP contribution >= 0.6 is 27.5 Å². The molecule has 0 aliphatic carbocycles. The fourth-order valence-electron chi connectivity index (χ4n) is 2.50. The Morgan fingerprint density at radius 2 is 1.61 bits per heavy atom. The van der Waals surface area contributed by atoms with Gasteiger partial charge in [0.05, 0.1) is 9.95 Å². The third kappa shape index (κ3) is 3.69. The molecule has 0 aliphatic heterocycles. The van der Waals surface area contributed by atoms with Gasteiger partial charge in [-0.05, 0) is 34.5 Å². The SMILES string of the molecule is Cc1[c]c(Br)c(-c2ccc([N+](=O)[O-])cc2Cl)c(C(F)(C(F)(F)F)C(F)(F)F)c1. The molecule has 0 aromatic heterocycles. The molecule has 12 heteroatoms. The molecule has 0 amide bonds. The van der Waals surface area contributed by atoms with E-state index in [9.17, 15) is 40.8 Å². The van der Waals surface area contributed by atoms with Crippen LogP contribution in [0, 0.1) is 23.1 Å². The number of benzene rings is 2. The molecular weight excluding hydrogens is 487 g/mol. The van der Waals surface area contributed by atoms with Crippen molar-refractivity contribution in [3.63, 3.8) is 0 Å². The van der Waals surface area contributed by atoms with Gasteiger partial charge in [-0.25, -0.2) is 4.39 Å². The molecule has 0 unspecified atom stereocenters. The zero-order chi connectivity index (χ0) is 21.7. The Hall–Kier alpha value is -1.88. The fourth-order valence-corrected chi connectivity index (χ4v) is 3.51. The van der Waals surface area contributed by atoms with Crippen LogP contribution in [0.5, 0.6) is 0 Å². The third-order valence-corrected chi connectivity index (χ3v) is 4.65. The molecule has 3 nitrogen and oxygen atoms in total. The fraction of sp³-hybridized carbons (Fsp3) is 0.250. The number of rotatable bonds is 3. The summed E-state index contributed by atoms with van der Waals surface area (Å²) in [6, 6.07) is 5.18. The molecule has 0 saturated carbocycles. The molecule has 0 spiro atoms. The molecule has 1 radical (unpaired) electrons. The number of non-ortho nitro benzene ring substituents is 1. The number of alkyl halides is 7. The van der Waals surface area contributed by atoms with Crippen LogP contribution in [-0.4, -0.2) is 17.3 Å². The van der Waals surface area contributed by atoms with Crippen molar-refractivity contribution in [1.82, 2.24) is 0 Å². The van der Waals surface area contributed by atoms with E-state index in [2.05, 4.69) is 22.0 Å². The molecule has 2 aromatic rings. The summed E-state index contributed by atoms with van der Waals surface area (Å²) < 4.78 is 94.0. The Bertz CT molecular complexity index is 930. The second-order valence-corrected chi connectivity index (χ2v) is 6.83. The van der Waals surface area contributed by atoms with Crippen molar-refractivity contribution in [2.45, 2.75) is 24.9 Å². The van der Waals surface area contributed by atoms with E-state index in [0.717, 1.165) is 25.1 Å². The Morgan fingerprint density at radius 3 is 2.04 bits per heavy atom. The first-order valence-electron chi connectivity index (χ1n) is 7.10. The summed E-state index contributed by atoms with van der Waals surface area (Å²) >= 11 is 8.64. The summed E-state index contributed by atoms with van der Waals surface area (Å²) in [5.74, 6) is 0. The van der Waals surface area contributed by atoms with Gasteiger partial charge in [0.1, 0.15) is 0 Å². The van der Waals surface area contributed by atoms with Gasteiger partial charge >= 0.3 is 18.0 Å². The average Bonchev–Trinajstić information content (AvgIpc) is 2.51.